The van der Waals surface area contributed by atoms with E-state index in [-0.39, 0.29) is 10.6 Å². The summed E-state index contributed by atoms with van der Waals surface area (Å²) in [5.41, 5.74) is 2.22. The van der Waals surface area contributed by atoms with Crippen LogP contribution in [0.3, 0.4) is 0 Å². The number of rotatable bonds is 3. The lowest BCUT2D eigenvalue weighted by Gasteiger charge is -2.19. The standard InChI is InChI=1S/C12H21N5O3S/c1-15-4-3-5-17(7-6-15)21(19,20)10-8-11(12(18)14-13)16(2)9-10/h8-9H,3-7,13H2,1-2H3,(H,14,18). The van der Waals surface area contributed by atoms with Crippen molar-refractivity contribution in [1.29, 1.82) is 0 Å². The average Bonchev–Trinajstić information content (AvgIpc) is 2.70. The number of carbonyl (C=O) groups excluding carboxylic acids is 1. The summed E-state index contributed by atoms with van der Waals surface area (Å²) in [5, 5.41) is 0. The van der Waals surface area contributed by atoms with Gasteiger partial charge in [-0.3, -0.25) is 10.2 Å². The van der Waals surface area contributed by atoms with Gasteiger partial charge in [-0.1, -0.05) is 0 Å². The molecule has 0 unspecified atom stereocenters. The molecule has 0 saturated carbocycles. The lowest BCUT2D eigenvalue weighted by Crippen LogP contribution is -2.34. The molecule has 8 nitrogen and oxygen atoms in total. The molecule has 21 heavy (non-hydrogen) atoms. The smallest absolute Gasteiger partial charge is 0.281 e. The van der Waals surface area contributed by atoms with Gasteiger partial charge in [-0.15, -0.1) is 0 Å². The fraction of sp³-hybridized carbons (Fsp3) is 0.583. The summed E-state index contributed by atoms with van der Waals surface area (Å²) < 4.78 is 28.2. The van der Waals surface area contributed by atoms with Crippen molar-refractivity contribution < 1.29 is 13.2 Å². The molecule has 0 aromatic carbocycles. The zero-order valence-electron chi connectivity index (χ0n) is 12.2. The molecule has 1 amide bonds. The van der Waals surface area contributed by atoms with Gasteiger partial charge in [0.25, 0.3) is 5.91 Å². The van der Waals surface area contributed by atoms with Crippen LogP contribution in [0.5, 0.6) is 0 Å². The lowest BCUT2D eigenvalue weighted by atomic mass is 10.4. The Morgan fingerprint density at radius 1 is 1.24 bits per heavy atom. The molecule has 2 heterocycles. The molecule has 0 radical (unpaired) electrons. The first-order chi connectivity index (χ1) is 9.86. The van der Waals surface area contributed by atoms with E-state index in [9.17, 15) is 13.2 Å². The Bertz CT molecular complexity index is 625. The van der Waals surface area contributed by atoms with Crippen LogP contribution in [-0.4, -0.2) is 61.3 Å². The SMILES string of the molecule is CN1CCCN(S(=O)(=O)c2cc(C(=O)NN)n(C)c2)CC1. The van der Waals surface area contributed by atoms with Crippen LogP contribution in [0.15, 0.2) is 17.2 Å². The second-order valence-electron chi connectivity index (χ2n) is 5.21. The number of aryl methyl sites for hydroxylation is 1. The van der Waals surface area contributed by atoms with E-state index in [2.05, 4.69) is 4.90 Å². The van der Waals surface area contributed by atoms with E-state index in [1.807, 2.05) is 12.5 Å². The van der Waals surface area contributed by atoms with Crippen LogP contribution in [0.2, 0.25) is 0 Å². The normalized spacial score (nSPS) is 18.4. The first-order valence-corrected chi connectivity index (χ1v) is 8.16. The van der Waals surface area contributed by atoms with Crippen LogP contribution in [0, 0.1) is 0 Å². The van der Waals surface area contributed by atoms with E-state index < -0.39 is 15.9 Å². The average molecular weight is 315 g/mol. The molecule has 0 bridgehead atoms. The van der Waals surface area contributed by atoms with Crippen molar-refractivity contribution in [2.24, 2.45) is 12.9 Å². The number of hydrogen-bond donors (Lipinski definition) is 2. The van der Waals surface area contributed by atoms with E-state index in [4.69, 9.17) is 5.84 Å². The topological polar surface area (TPSA) is 101 Å². The van der Waals surface area contributed by atoms with Crippen LogP contribution >= 0.6 is 0 Å². The van der Waals surface area contributed by atoms with Crippen LogP contribution < -0.4 is 11.3 Å². The van der Waals surface area contributed by atoms with Gasteiger partial charge in [0.15, 0.2) is 0 Å². The third kappa shape index (κ3) is 3.26. The number of amides is 1. The molecule has 1 aliphatic heterocycles. The quantitative estimate of drug-likeness (QED) is 0.421. The van der Waals surface area contributed by atoms with Gasteiger partial charge in [-0.25, -0.2) is 14.3 Å². The van der Waals surface area contributed by atoms with Crippen molar-refractivity contribution in [2.75, 3.05) is 33.2 Å². The summed E-state index contributed by atoms with van der Waals surface area (Å²) in [7, 11) is -0.00174. The first kappa shape index (κ1) is 16.0. The minimum absolute atomic E-state index is 0.119. The maximum atomic E-state index is 12.7. The lowest BCUT2D eigenvalue weighted by molar-refractivity contribution is 0.0945. The maximum Gasteiger partial charge on any atom is 0.281 e. The largest absolute Gasteiger partial charge is 0.345 e. The third-order valence-electron chi connectivity index (χ3n) is 3.66. The Kier molecular flexibility index (Phi) is 4.67. The highest BCUT2D eigenvalue weighted by atomic mass is 32.2. The van der Waals surface area contributed by atoms with Crippen molar-refractivity contribution >= 4 is 15.9 Å². The summed E-state index contributed by atoms with van der Waals surface area (Å²) in [6.07, 6.45) is 2.23. The highest BCUT2D eigenvalue weighted by Crippen LogP contribution is 2.20. The van der Waals surface area contributed by atoms with Gasteiger partial charge in [-0.05, 0) is 26.1 Å². The van der Waals surface area contributed by atoms with Crippen LogP contribution in [-0.2, 0) is 17.1 Å². The van der Waals surface area contributed by atoms with Gasteiger partial charge in [-0.2, -0.15) is 4.31 Å². The van der Waals surface area contributed by atoms with E-state index >= 15 is 0 Å². The predicted molar refractivity (Wildman–Crippen MR) is 77.9 cm³/mol. The number of nitrogens with zero attached hydrogens (tertiary/aromatic N) is 3. The molecule has 118 valence electrons. The van der Waals surface area contributed by atoms with Crippen molar-refractivity contribution in [3.8, 4) is 0 Å². The minimum atomic E-state index is -3.59. The molecular weight excluding hydrogens is 294 g/mol. The fourth-order valence-electron chi connectivity index (χ4n) is 2.39. The van der Waals surface area contributed by atoms with E-state index in [1.165, 1.54) is 21.1 Å². The molecule has 3 N–H and O–H groups in total. The van der Waals surface area contributed by atoms with Gasteiger partial charge in [0.1, 0.15) is 10.6 Å². The van der Waals surface area contributed by atoms with Gasteiger partial charge in [0.2, 0.25) is 10.0 Å². The molecule has 0 aliphatic carbocycles. The maximum absolute atomic E-state index is 12.7. The molecule has 1 saturated heterocycles. The molecule has 0 spiro atoms. The Labute approximate surface area is 124 Å². The first-order valence-electron chi connectivity index (χ1n) is 6.72. The van der Waals surface area contributed by atoms with Gasteiger partial charge in [0.05, 0.1) is 0 Å². The van der Waals surface area contributed by atoms with E-state index in [1.54, 1.807) is 7.05 Å². The van der Waals surface area contributed by atoms with Crippen LogP contribution in [0.25, 0.3) is 0 Å². The molecule has 1 aromatic heterocycles. The number of carbonyl (C=O) groups is 1. The summed E-state index contributed by atoms with van der Waals surface area (Å²) >= 11 is 0. The zero-order valence-corrected chi connectivity index (χ0v) is 13.1. The molecule has 1 aliphatic rings. The number of hydrazine groups is 1. The van der Waals surface area contributed by atoms with Crippen LogP contribution in [0.1, 0.15) is 16.9 Å². The molecule has 1 fully saturated rings. The molecule has 1 aromatic rings. The van der Waals surface area contributed by atoms with Gasteiger partial charge in [0, 0.05) is 32.9 Å². The van der Waals surface area contributed by atoms with Crippen molar-refractivity contribution in [1.82, 2.24) is 19.2 Å². The van der Waals surface area contributed by atoms with Gasteiger partial charge < -0.3 is 9.47 Å². The summed E-state index contributed by atoms with van der Waals surface area (Å²) in [6.45, 7) is 2.51. The number of aromatic nitrogens is 1. The summed E-state index contributed by atoms with van der Waals surface area (Å²) in [4.78, 5) is 13.8. The Balaban J connectivity index is 2.29. The number of nitrogen functional groups attached to an aromatic ring is 1. The van der Waals surface area contributed by atoms with Crippen molar-refractivity contribution in [3.05, 3.63) is 18.0 Å². The number of likely N-dealkylation sites (N-methyl/N-ethyl adjacent to an activating group) is 1. The van der Waals surface area contributed by atoms with Crippen molar-refractivity contribution in [2.45, 2.75) is 11.3 Å². The Hall–Kier alpha value is -1.42. The third-order valence-corrected chi connectivity index (χ3v) is 5.52. The minimum Gasteiger partial charge on any atom is -0.345 e. The Morgan fingerprint density at radius 3 is 2.62 bits per heavy atom. The second kappa shape index (κ2) is 6.14. The monoisotopic (exact) mass is 315 g/mol. The second-order valence-corrected chi connectivity index (χ2v) is 7.14. The number of nitrogens with two attached hydrogens (primary N) is 1. The summed E-state index contributed by atoms with van der Waals surface area (Å²) in [5.74, 6) is 4.57. The molecule has 2 rings (SSSR count). The number of nitrogens with one attached hydrogen (secondary N) is 1. The molecule has 9 heteroatoms. The number of hydrogen-bond acceptors (Lipinski definition) is 5. The van der Waals surface area contributed by atoms with E-state index in [0.717, 1.165) is 13.0 Å². The zero-order chi connectivity index (χ0) is 15.6. The predicted octanol–water partition coefficient (Wildman–Crippen LogP) is -1.05. The molecule has 0 atom stereocenters. The number of sulfonamides is 1. The van der Waals surface area contributed by atoms with Gasteiger partial charge >= 0.3 is 0 Å². The Morgan fingerprint density at radius 2 is 1.95 bits per heavy atom. The summed E-state index contributed by atoms with van der Waals surface area (Å²) in [6, 6.07) is 1.35. The highest BCUT2D eigenvalue weighted by Gasteiger charge is 2.28. The fourth-order valence-corrected chi connectivity index (χ4v) is 3.93. The van der Waals surface area contributed by atoms with Crippen LogP contribution in [0.4, 0.5) is 0 Å². The highest BCUT2D eigenvalue weighted by molar-refractivity contribution is 7.89. The van der Waals surface area contributed by atoms with E-state index in [0.29, 0.717) is 19.6 Å². The van der Waals surface area contributed by atoms with Crippen molar-refractivity contribution in [3.63, 3.8) is 0 Å². The molecular formula is C12H21N5O3S.